The summed E-state index contributed by atoms with van der Waals surface area (Å²) in [5.74, 6) is -0.251. The fraction of sp³-hybridized carbons (Fsp3) is 0.455. The number of pyridine rings is 1. The van der Waals surface area contributed by atoms with Crippen molar-refractivity contribution in [3.05, 3.63) is 30.1 Å². The molecule has 0 aromatic carbocycles. The van der Waals surface area contributed by atoms with E-state index in [4.69, 9.17) is 4.74 Å². The van der Waals surface area contributed by atoms with Crippen molar-refractivity contribution < 1.29 is 9.53 Å². The number of hydrogen-bond donors (Lipinski definition) is 0. The summed E-state index contributed by atoms with van der Waals surface area (Å²) in [6, 6.07) is 3.84. The minimum absolute atomic E-state index is 0.251. The first kappa shape index (κ1) is 10.7. The Balaban J connectivity index is 2.63. The number of aromatic nitrogens is 1. The van der Waals surface area contributed by atoms with Crippen molar-refractivity contribution in [3.63, 3.8) is 0 Å². The molecule has 0 bridgehead atoms. The normalized spacial score (nSPS) is 11.1. The van der Waals surface area contributed by atoms with Gasteiger partial charge in [-0.15, -0.1) is 0 Å². The van der Waals surface area contributed by atoms with E-state index in [1.165, 1.54) is 6.92 Å². The first-order chi connectivity index (χ1) is 6.49. The highest BCUT2D eigenvalue weighted by Crippen LogP contribution is 2.16. The van der Waals surface area contributed by atoms with E-state index in [1.807, 2.05) is 26.0 Å². The Hall–Kier alpha value is -1.38. The van der Waals surface area contributed by atoms with Crippen molar-refractivity contribution in [2.24, 2.45) is 0 Å². The molecule has 0 fully saturated rings. The van der Waals surface area contributed by atoms with Gasteiger partial charge in [0.1, 0.15) is 5.60 Å². The van der Waals surface area contributed by atoms with Gasteiger partial charge in [-0.25, -0.2) is 0 Å². The highest BCUT2D eigenvalue weighted by molar-refractivity contribution is 5.66. The van der Waals surface area contributed by atoms with Gasteiger partial charge >= 0.3 is 5.97 Å². The molecule has 0 spiro atoms. The smallest absolute Gasteiger partial charge is 0.303 e. The molecule has 1 heterocycles. The first-order valence-electron chi connectivity index (χ1n) is 4.58. The van der Waals surface area contributed by atoms with Gasteiger partial charge in [-0.05, 0) is 25.5 Å². The van der Waals surface area contributed by atoms with Crippen LogP contribution in [0.25, 0.3) is 0 Å². The summed E-state index contributed by atoms with van der Waals surface area (Å²) in [5.41, 5.74) is 0.605. The number of nitrogens with zero attached hydrogens (tertiary/aromatic N) is 1. The Morgan fingerprint density at radius 2 is 2.29 bits per heavy atom. The van der Waals surface area contributed by atoms with E-state index in [0.717, 1.165) is 5.56 Å². The average Bonchev–Trinajstić information content (AvgIpc) is 2.02. The van der Waals surface area contributed by atoms with Crippen LogP contribution in [0, 0.1) is 0 Å². The highest BCUT2D eigenvalue weighted by Gasteiger charge is 2.21. The maximum absolute atomic E-state index is 10.8. The van der Waals surface area contributed by atoms with Crippen LogP contribution in [0.3, 0.4) is 0 Å². The van der Waals surface area contributed by atoms with Crippen molar-refractivity contribution in [1.82, 2.24) is 4.98 Å². The molecule has 0 N–H and O–H groups in total. The van der Waals surface area contributed by atoms with Crippen LogP contribution in [0.1, 0.15) is 26.3 Å². The summed E-state index contributed by atoms with van der Waals surface area (Å²) in [4.78, 5) is 14.8. The predicted molar refractivity (Wildman–Crippen MR) is 53.8 cm³/mol. The Bertz CT molecular complexity index is 306. The topological polar surface area (TPSA) is 39.2 Å². The van der Waals surface area contributed by atoms with E-state index in [0.29, 0.717) is 6.42 Å². The monoisotopic (exact) mass is 193 g/mol. The molecular weight excluding hydrogens is 178 g/mol. The number of hydrogen-bond acceptors (Lipinski definition) is 3. The van der Waals surface area contributed by atoms with Crippen LogP contribution in [0.15, 0.2) is 24.5 Å². The lowest BCUT2D eigenvalue weighted by Crippen LogP contribution is -2.29. The Kier molecular flexibility index (Phi) is 3.23. The van der Waals surface area contributed by atoms with Crippen molar-refractivity contribution in [2.75, 3.05) is 0 Å². The van der Waals surface area contributed by atoms with Gasteiger partial charge in [-0.2, -0.15) is 0 Å². The van der Waals surface area contributed by atoms with Crippen LogP contribution in [-0.4, -0.2) is 16.6 Å². The number of carbonyl (C=O) groups is 1. The maximum Gasteiger partial charge on any atom is 0.303 e. The van der Waals surface area contributed by atoms with Gasteiger partial charge in [0.25, 0.3) is 0 Å². The third-order valence-electron chi connectivity index (χ3n) is 1.77. The molecule has 3 nitrogen and oxygen atoms in total. The molecule has 0 radical (unpaired) electrons. The minimum Gasteiger partial charge on any atom is -0.459 e. The fourth-order valence-electron chi connectivity index (χ4n) is 1.42. The third-order valence-corrected chi connectivity index (χ3v) is 1.77. The minimum atomic E-state index is -0.463. The van der Waals surface area contributed by atoms with Gasteiger partial charge in [0.15, 0.2) is 0 Å². The molecule has 3 heteroatoms. The molecule has 0 aliphatic rings. The molecule has 1 aromatic rings. The van der Waals surface area contributed by atoms with Gasteiger partial charge in [-0.3, -0.25) is 9.78 Å². The summed E-state index contributed by atoms with van der Waals surface area (Å²) in [6.45, 7) is 5.20. The van der Waals surface area contributed by atoms with Crippen molar-refractivity contribution in [1.29, 1.82) is 0 Å². The second-order valence-electron chi connectivity index (χ2n) is 3.89. The SMILES string of the molecule is CC(=O)OC(C)(C)Cc1cccnc1. The highest BCUT2D eigenvalue weighted by atomic mass is 16.6. The number of esters is 1. The van der Waals surface area contributed by atoms with Crippen molar-refractivity contribution >= 4 is 5.97 Å². The molecule has 0 saturated carbocycles. The number of rotatable bonds is 3. The summed E-state index contributed by atoms with van der Waals surface area (Å²) >= 11 is 0. The van der Waals surface area contributed by atoms with E-state index in [-0.39, 0.29) is 5.97 Å². The van der Waals surface area contributed by atoms with E-state index >= 15 is 0 Å². The second-order valence-corrected chi connectivity index (χ2v) is 3.89. The maximum atomic E-state index is 10.8. The van der Waals surface area contributed by atoms with E-state index in [9.17, 15) is 4.79 Å². The second kappa shape index (κ2) is 4.22. The Labute approximate surface area is 84.1 Å². The van der Waals surface area contributed by atoms with Crippen LogP contribution in [0.5, 0.6) is 0 Å². The third kappa shape index (κ3) is 3.56. The summed E-state index contributed by atoms with van der Waals surface area (Å²) in [7, 11) is 0. The zero-order valence-electron chi connectivity index (χ0n) is 8.78. The predicted octanol–water partition coefficient (Wildman–Crippen LogP) is 1.97. The van der Waals surface area contributed by atoms with Crippen LogP contribution in [-0.2, 0) is 16.0 Å². The average molecular weight is 193 g/mol. The Morgan fingerprint density at radius 3 is 2.79 bits per heavy atom. The quantitative estimate of drug-likeness (QED) is 0.689. The van der Waals surface area contributed by atoms with Gasteiger partial charge in [0, 0.05) is 25.7 Å². The first-order valence-corrected chi connectivity index (χ1v) is 4.58. The van der Waals surface area contributed by atoms with Crippen molar-refractivity contribution in [3.8, 4) is 0 Å². The van der Waals surface area contributed by atoms with Crippen LogP contribution < -0.4 is 0 Å². The van der Waals surface area contributed by atoms with Gasteiger partial charge in [-0.1, -0.05) is 6.07 Å². The Morgan fingerprint density at radius 1 is 1.57 bits per heavy atom. The van der Waals surface area contributed by atoms with Gasteiger partial charge < -0.3 is 4.74 Å². The summed E-state index contributed by atoms with van der Waals surface area (Å²) in [5, 5.41) is 0. The molecular formula is C11H15NO2. The molecule has 1 aromatic heterocycles. The molecule has 0 aliphatic carbocycles. The number of ether oxygens (including phenoxy) is 1. The van der Waals surface area contributed by atoms with Crippen LogP contribution >= 0.6 is 0 Å². The van der Waals surface area contributed by atoms with E-state index < -0.39 is 5.60 Å². The molecule has 0 saturated heterocycles. The van der Waals surface area contributed by atoms with Gasteiger partial charge in [0.2, 0.25) is 0 Å². The molecule has 0 atom stereocenters. The molecule has 0 unspecified atom stereocenters. The molecule has 0 aliphatic heterocycles. The summed E-state index contributed by atoms with van der Waals surface area (Å²) in [6.07, 6.45) is 4.19. The molecule has 0 amide bonds. The van der Waals surface area contributed by atoms with Crippen molar-refractivity contribution in [2.45, 2.75) is 32.8 Å². The zero-order valence-corrected chi connectivity index (χ0v) is 8.78. The standard InChI is InChI=1S/C11H15NO2/c1-9(13)14-11(2,3)7-10-5-4-6-12-8-10/h4-6,8H,7H2,1-3H3. The molecule has 1 rings (SSSR count). The lowest BCUT2D eigenvalue weighted by atomic mass is 10.00. The number of carbonyl (C=O) groups excluding carboxylic acids is 1. The van der Waals surface area contributed by atoms with E-state index in [1.54, 1.807) is 12.4 Å². The fourth-order valence-corrected chi connectivity index (χ4v) is 1.42. The lowest BCUT2D eigenvalue weighted by Gasteiger charge is -2.24. The molecule has 14 heavy (non-hydrogen) atoms. The van der Waals surface area contributed by atoms with Crippen LogP contribution in [0.2, 0.25) is 0 Å². The van der Waals surface area contributed by atoms with E-state index in [2.05, 4.69) is 4.98 Å². The largest absolute Gasteiger partial charge is 0.459 e. The lowest BCUT2D eigenvalue weighted by molar-refractivity contribution is -0.153. The van der Waals surface area contributed by atoms with Gasteiger partial charge in [0.05, 0.1) is 0 Å². The summed E-state index contributed by atoms with van der Waals surface area (Å²) < 4.78 is 5.17. The molecule has 76 valence electrons. The zero-order chi connectivity index (χ0) is 10.6. The van der Waals surface area contributed by atoms with Crippen LogP contribution in [0.4, 0.5) is 0 Å².